The number of ketones is 1. The molecule has 0 saturated heterocycles. The largest absolute Gasteiger partial charge is 0.343 e. The SMILES string of the molecule is CCCN(CCC)CC(=O)c1cc(C)n(C(C)(C)C)c1C. The van der Waals surface area contributed by atoms with Crippen molar-refractivity contribution in [2.24, 2.45) is 0 Å². The number of rotatable bonds is 7. The van der Waals surface area contributed by atoms with Crippen molar-refractivity contribution in [2.75, 3.05) is 19.6 Å². The van der Waals surface area contributed by atoms with Gasteiger partial charge in [-0.15, -0.1) is 0 Å². The Morgan fingerprint density at radius 3 is 2.05 bits per heavy atom. The predicted octanol–water partition coefficient (Wildman–Crippen LogP) is 4.16. The fourth-order valence-electron chi connectivity index (χ4n) is 3.27. The molecule has 0 aliphatic rings. The van der Waals surface area contributed by atoms with Crippen molar-refractivity contribution in [3.05, 3.63) is 23.0 Å². The van der Waals surface area contributed by atoms with E-state index in [-0.39, 0.29) is 11.3 Å². The van der Waals surface area contributed by atoms with Gasteiger partial charge in [0.05, 0.1) is 6.54 Å². The van der Waals surface area contributed by atoms with Gasteiger partial charge in [-0.1, -0.05) is 13.8 Å². The molecular formula is C18H32N2O. The van der Waals surface area contributed by atoms with Crippen LogP contribution in [0.5, 0.6) is 0 Å². The highest BCUT2D eigenvalue weighted by atomic mass is 16.1. The fraction of sp³-hybridized carbons (Fsp3) is 0.722. The maximum absolute atomic E-state index is 12.7. The van der Waals surface area contributed by atoms with Crippen molar-refractivity contribution in [3.8, 4) is 0 Å². The van der Waals surface area contributed by atoms with E-state index in [0.29, 0.717) is 6.54 Å². The second kappa shape index (κ2) is 7.26. The highest BCUT2D eigenvalue weighted by Gasteiger charge is 2.23. The Morgan fingerprint density at radius 2 is 1.67 bits per heavy atom. The smallest absolute Gasteiger partial charge is 0.178 e. The molecule has 0 aromatic carbocycles. The van der Waals surface area contributed by atoms with Crippen molar-refractivity contribution in [1.82, 2.24) is 9.47 Å². The minimum absolute atomic E-state index is 0.0131. The summed E-state index contributed by atoms with van der Waals surface area (Å²) in [6.07, 6.45) is 2.18. The first-order valence-electron chi connectivity index (χ1n) is 8.17. The molecule has 0 spiro atoms. The predicted molar refractivity (Wildman–Crippen MR) is 90.3 cm³/mol. The van der Waals surface area contributed by atoms with Gasteiger partial charge < -0.3 is 4.57 Å². The Bertz CT molecular complexity index is 474. The van der Waals surface area contributed by atoms with Crippen LogP contribution in [0.2, 0.25) is 0 Å². The van der Waals surface area contributed by atoms with Crippen LogP contribution in [0, 0.1) is 13.8 Å². The van der Waals surface area contributed by atoms with Gasteiger partial charge in [-0.2, -0.15) is 0 Å². The summed E-state index contributed by atoms with van der Waals surface area (Å²) in [5.74, 6) is 0.250. The standard InChI is InChI=1S/C18H32N2O/c1-8-10-19(11-9-2)13-17(21)16-12-14(3)20(15(16)4)18(5,6)7/h12H,8-11,13H2,1-7H3. The highest BCUT2D eigenvalue weighted by Crippen LogP contribution is 2.24. The van der Waals surface area contributed by atoms with E-state index in [1.165, 1.54) is 5.69 Å². The van der Waals surface area contributed by atoms with Crippen molar-refractivity contribution in [1.29, 1.82) is 0 Å². The first-order valence-corrected chi connectivity index (χ1v) is 8.17. The molecule has 0 bridgehead atoms. The van der Waals surface area contributed by atoms with Gasteiger partial charge in [0.15, 0.2) is 5.78 Å². The van der Waals surface area contributed by atoms with Crippen LogP contribution in [-0.2, 0) is 5.54 Å². The molecule has 0 N–H and O–H groups in total. The van der Waals surface area contributed by atoms with Gasteiger partial charge in [-0.25, -0.2) is 0 Å². The van der Waals surface area contributed by atoms with E-state index in [9.17, 15) is 4.79 Å². The lowest BCUT2D eigenvalue weighted by molar-refractivity contribution is 0.0929. The maximum atomic E-state index is 12.7. The second-order valence-electron chi connectivity index (χ2n) is 6.99. The van der Waals surface area contributed by atoms with Crippen LogP contribution in [0.3, 0.4) is 0 Å². The first-order chi connectivity index (χ1) is 9.72. The summed E-state index contributed by atoms with van der Waals surface area (Å²) < 4.78 is 2.27. The number of hydrogen-bond acceptors (Lipinski definition) is 2. The third-order valence-corrected chi connectivity index (χ3v) is 3.85. The quantitative estimate of drug-likeness (QED) is 0.705. The zero-order valence-electron chi connectivity index (χ0n) is 14.9. The number of aryl methyl sites for hydroxylation is 1. The Balaban J connectivity index is 2.98. The van der Waals surface area contributed by atoms with Crippen molar-refractivity contribution in [2.45, 2.75) is 66.8 Å². The van der Waals surface area contributed by atoms with Crippen LogP contribution in [-0.4, -0.2) is 34.9 Å². The average Bonchev–Trinajstić information content (AvgIpc) is 2.64. The van der Waals surface area contributed by atoms with E-state index in [4.69, 9.17) is 0 Å². The number of hydrogen-bond donors (Lipinski definition) is 0. The molecule has 0 radical (unpaired) electrons. The number of carbonyl (C=O) groups excluding carboxylic acids is 1. The molecule has 3 nitrogen and oxygen atoms in total. The summed E-state index contributed by atoms with van der Waals surface area (Å²) in [6, 6.07) is 2.05. The Hall–Kier alpha value is -1.09. The van der Waals surface area contributed by atoms with Gasteiger partial charge in [0, 0.05) is 22.5 Å². The summed E-state index contributed by atoms with van der Waals surface area (Å²) in [7, 11) is 0. The van der Waals surface area contributed by atoms with E-state index >= 15 is 0 Å². The van der Waals surface area contributed by atoms with Crippen LogP contribution >= 0.6 is 0 Å². The van der Waals surface area contributed by atoms with Crippen molar-refractivity contribution >= 4 is 5.78 Å². The van der Waals surface area contributed by atoms with E-state index in [1.807, 2.05) is 0 Å². The van der Waals surface area contributed by atoms with Crippen LogP contribution in [0.4, 0.5) is 0 Å². The van der Waals surface area contributed by atoms with E-state index in [1.54, 1.807) is 0 Å². The minimum Gasteiger partial charge on any atom is -0.343 e. The molecule has 0 atom stereocenters. The van der Waals surface area contributed by atoms with E-state index in [0.717, 1.165) is 37.2 Å². The molecule has 0 aliphatic heterocycles. The molecule has 120 valence electrons. The molecule has 0 unspecified atom stereocenters. The topological polar surface area (TPSA) is 25.2 Å². The number of carbonyl (C=O) groups is 1. The number of nitrogens with zero attached hydrogens (tertiary/aromatic N) is 2. The first kappa shape index (κ1) is 18.0. The summed E-state index contributed by atoms with van der Waals surface area (Å²) in [6.45, 7) is 17.6. The van der Waals surface area contributed by atoms with Gasteiger partial charge in [0.1, 0.15) is 0 Å². The fourth-order valence-corrected chi connectivity index (χ4v) is 3.27. The molecule has 1 aromatic rings. The summed E-state index contributed by atoms with van der Waals surface area (Å²) in [5.41, 5.74) is 3.16. The lowest BCUT2D eigenvalue weighted by atomic mass is 10.1. The maximum Gasteiger partial charge on any atom is 0.178 e. The molecule has 0 fully saturated rings. The lowest BCUT2D eigenvalue weighted by Crippen LogP contribution is -2.32. The van der Waals surface area contributed by atoms with Crippen molar-refractivity contribution < 1.29 is 4.79 Å². The summed E-state index contributed by atoms with van der Waals surface area (Å²) in [5, 5.41) is 0. The zero-order valence-corrected chi connectivity index (χ0v) is 14.9. The molecule has 1 rings (SSSR count). The molecule has 0 amide bonds. The molecule has 0 saturated carbocycles. The zero-order chi connectivity index (χ0) is 16.2. The number of Topliss-reactive ketones (excluding diaryl/α,β-unsaturated/α-hetero) is 1. The van der Waals surface area contributed by atoms with E-state index in [2.05, 4.69) is 64.0 Å². The second-order valence-corrected chi connectivity index (χ2v) is 6.99. The van der Waals surface area contributed by atoms with Gasteiger partial charge in [-0.05, 0) is 66.6 Å². The lowest BCUT2D eigenvalue weighted by Gasteiger charge is -2.26. The van der Waals surface area contributed by atoms with E-state index < -0.39 is 0 Å². The Labute approximate surface area is 130 Å². The molecule has 0 aliphatic carbocycles. The molecular weight excluding hydrogens is 260 g/mol. The minimum atomic E-state index is 0.0131. The Kier molecular flexibility index (Phi) is 6.21. The monoisotopic (exact) mass is 292 g/mol. The van der Waals surface area contributed by atoms with Crippen molar-refractivity contribution in [3.63, 3.8) is 0 Å². The van der Waals surface area contributed by atoms with Gasteiger partial charge in [0.2, 0.25) is 0 Å². The van der Waals surface area contributed by atoms with Gasteiger partial charge >= 0.3 is 0 Å². The normalized spacial score (nSPS) is 12.2. The average molecular weight is 292 g/mol. The highest BCUT2D eigenvalue weighted by molar-refractivity contribution is 5.99. The molecule has 1 aromatic heterocycles. The molecule has 1 heterocycles. The van der Waals surface area contributed by atoms with Crippen LogP contribution in [0.25, 0.3) is 0 Å². The van der Waals surface area contributed by atoms with Gasteiger partial charge in [0.25, 0.3) is 0 Å². The third-order valence-electron chi connectivity index (χ3n) is 3.85. The third kappa shape index (κ3) is 4.44. The van der Waals surface area contributed by atoms with Crippen LogP contribution in [0.1, 0.15) is 69.2 Å². The molecule has 3 heteroatoms. The number of aromatic nitrogens is 1. The van der Waals surface area contributed by atoms with Crippen LogP contribution < -0.4 is 0 Å². The summed E-state index contributed by atoms with van der Waals surface area (Å²) >= 11 is 0. The van der Waals surface area contributed by atoms with Gasteiger partial charge in [-0.3, -0.25) is 9.69 Å². The molecule has 21 heavy (non-hydrogen) atoms. The van der Waals surface area contributed by atoms with Crippen LogP contribution in [0.15, 0.2) is 6.07 Å². The Morgan fingerprint density at radius 1 is 1.14 bits per heavy atom. The summed E-state index contributed by atoms with van der Waals surface area (Å²) in [4.78, 5) is 14.9.